The van der Waals surface area contributed by atoms with Gasteiger partial charge in [0, 0.05) is 30.2 Å². The molecular weight excluding hydrogens is 395 g/mol. The van der Waals surface area contributed by atoms with Gasteiger partial charge in [0.2, 0.25) is 5.91 Å². The van der Waals surface area contributed by atoms with E-state index in [-0.39, 0.29) is 17.0 Å². The fourth-order valence-electron chi connectivity index (χ4n) is 4.85. The molecule has 0 saturated carbocycles. The number of fused-ring (bicyclic) bond motifs is 2. The van der Waals surface area contributed by atoms with Gasteiger partial charge >= 0.3 is 0 Å². The van der Waals surface area contributed by atoms with Gasteiger partial charge in [0.05, 0.1) is 17.7 Å². The summed E-state index contributed by atoms with van der Waals surface area (Å²) < 4.78 is 14.0. The van der Waals surface area contributed by atoms with E-state index in [1.165, 1.54) is 6.07 Å². The van der Waals surface area contributed by atoms with Crippen LogP contribution in [0.2, 0.25) is 0 Å². The van der Waals surface area contributed by atoms with Crippen molar-refractivity contribution in [3.8, 4) is 6.07 Å². The van der Waals surface area contributed by atoms with E-state index in [9.17, 15) is 19.2 Å². The summed E-state index contributed by atoms with van der Waals surface area (Å²) in [6.07, 6.45) is 3.70. The Balaban J connectivity index is 1.66. The van der Waals surface area contributed by atoms with E-state index < -0.39 is 23.2 Å². The van der Waals surface area contributed by atoms with E-state index in [1.54, 1.807) is 23.4 Å². The summed E-state index contributed by atoms with van der Waals surface area (Å²) in [5.41, 5.74) is 1.46. The first-order valence-corrected chi connectivity index (χ1v) is 9.87. The van der Waals surface area contributed by atoms with Gasteiger partial charge in [-0.3, -0.25) is 14.6 Å². The van der Waals surface area contributed by atoms with Gasteiger partial charge in [-0.1, -0.05) is 24.3 Å². The first kappa shape index (κ1) is 18.9. The van der Waals surface area contributed by atoms with Gasteiger partial charge < -0.3 is 10.2 Å². The number of carbonyl (C=O) groups is 2. The molecule has 2 aliphatic rings. The molecule has 152 valence electrons. The van der Waals surface area contributed by atoms with Gasteiger partial charge in [-0.2, -0.15) is 5.26 Å². The van der Waals surface area contributed by atoms with Gasteiger partial charge in [-0.05, 0) is 47.9 Å². The number of hydrogen-bond acceptors (Lipinski definition) is 4. The maximum Gasteiger partial charge on any atom is 0.254 e. The van der Waals surface area contributed by atoms with Gasteiger partial charge in [-0.15, -0.1) is 0 Å². The molecule has 2 atom stereocenters. The van der Waals surface area contributed by atoms with Gasteiger partial charge in [0.25, 0.3) is 5.91 Å². The lowest BCUT2D eigenvalue weighted by Crippen LogP contribution is -2.42. The van der Waals surface area contributed by atoms with E-state index in [2.05, 4.69) is 10.3 Å². The fourth-order valence-corrected chi connectivity index (χ4v) is 4.85. The molecule has 0 aliphatic carbocycles. The number of nitrogens with one attached hydrogen (secondary N) is 1. The molecule has 3 heterocycles. The predicted octanol–water partition coefficient (Wildman–Crippen LogP) is 3.57. The number of aromatic nitrogens is 1. The lowest BCUT2D eigenvalue weighted by atomic mass is 9.73. The summed E-state index contributed by atoms with van der Waals surface area (Å²) >= 11 is 0. The van der Waals surface area contributed by atoms with Crippen LogP contribution in [0.25, 0.3) is 0 Å². The minimum Gasteiger partial charge on any atom is -0.330 e. The second-order valence-corrected chi connectivity index (χ2v) is 7.75. The largest absolute Gasteiger partial charge is 0.330 e. The van der Waals surface area contributed by atoms with Crippen LogP contribution >= 0.6 is 0 Å². The summed E-state index contributed by atoms with van der Waals surface area (Å²) in [5.74, 6) is -1.26. The Morgan fingerprint density at radius 3 is 2.84 bits per heavy atom. The molecule has 1 spiro atoms. The number of rotatable bonds is 2. The molecule has 7 heteroatoms. The zero-order valence-corrected chi connectivity index (χ0v) is 16.4. The Hall–Kier alpha value is -4.05. The van der Waals surface area contributed by atoms with Crippen molar-refractivity contribution >= 4 is 17.5 Å². The Labute approximate surface area is 177 Å². The van der Waals surface area contributed by atoms with Crippen LogP contribution in [0, 0.1) is 17.1 Å². The molecule has 1 aromatic heterocycles. The molecule has 2 aromatic carbocycles. The molecule has 0 bridgehead atoms. The maximum absolute atomic E-state index is 14.0. The highest BCUT2D eigenvalue weighted by molar-refractivity contribution is 6.08. The van der Waals surface area contributed by atoms with Crippen molar-refractivity contribution in [3.63, 3.8) is 0 Å². The molecule has 31 heavy (non-hydrogen) atoms. The number of nitriles is 1. The first-order chi connectivity index (χ1) is 15.0. The zero-order valence-electron chi connectivity index (χ0n) is 16.4. The first-order valence-electron chi connectivity index (χ1n) is 9.87. The topological polar surface area (TPSA) is 86.1 Å². The highest BCUT2D eigenvalue weighted by Gasteiger charge is 2.59. The third-order valence-corrected chi connectivity index (χ3v) is 6.12. The second-order valence-electron chi connectivity index (χ2n) is 7.75. The summed E-state index contributed by atoms with van der Waals surface area (Å²) in [6.45, 7) is 0.304. The number of benzene rings is 2. The van der Waals surface area contributed by atoms with E-state index in [1.807, 2.05) is 36.4 Å². The van der Waals surface area contributed by atoms with Crippen molar-refractivity contribution in [2.75, 3.05) is 11.9 Å². The number of likely N-dealkylation sites (tertiary alicyclic amines) is 1. The third kappa shape index (κ3) is 2.80. The third-order valence-electron chi connectivity index (χ3n) is 6.12. The zero-order chi connectivity index (χ0) is 21.6. The molecule has 1 fully saturated rings. The number of carbonyl (C=O) groups excluding carboxylic acids is 2. The number of pyridine rings is 1. The van der Waals surface area contributed by atoms with Crippen LogP contribution in [0.5, 0.6) is 0 Å². The number of amides is 2. The van der Waals surface area contributed by atoms with Crippen LogP contribution < -0.4 is 5.32 Å². The average Bonchev–Trinajstić information content (AvgIpc) is 3.32. The number of nitrogens with zero attached hydrogens (tertiary/aromatic N) is 3. The van der Waals surface area contributed by atoms with Crippen LogP contribution in [0.3, 0.4) is 0 Å². The summed E-state index contributed by atoms with van der Waals surface area (Å²) in [4.78, 5) is 32.6. The minimum absolute atomic E-state index is 0.0687. The summed E-state index contributed by atoms with van der Waals surface area (Å²) in [6, 6.07) is 15.9. The molecule has 2 amide bonds. The van der Waals surface area contributed by atoms with E-state index in [0.29, 0.717) is 13.0 Å². The quantitative estimate of drug-likeness (QED) is 0.697. The SMILES string of the molecule is N#Cc1cc(F)cc(C(=O)N2CCC3(C(=O)Nc4ccccc43)C2c2cccnc2)c1. The predicted molar refractivity (Wildman–Crippen MR) is 110 cm³/mol. The highest BCUT2D eigenvalue weighted by Crippen LogP contribution is 2.54. The summed E-state index contributed by atoms with van der Waals surface area (Å²) in [7, 11) is 0. The molecule has 5 rings (SSSR count). The minimum atomic E-state index is -0.972. The van der Waals surface area contributed by atoms with Crippen molar-refractivity contribution in [1.82, 2.24) is 9.88 Å². The molecule has 0 radical (unpaired) electrons. The molecule has 2 aliphatic heterocycles. The molecule has 2 unspecified atom stereocenters. The normalized spacial score (nSPS) is 21.6. The average molecular weight is 412 g/mol. The second kappa shape index (κ2) is 7.03. The van der Waals surface area contributed by atoms with Crippen LogP contribution in [-0.4, -0.2) is 28.2 Å². The smallest absolute Gasteiger partial charge is 0.254 e. The molecular formula is C24H17FN4O2. The van der Waals surface area contributed by atoms with Crippen LogP contribution in [0.1, 0.15) is 39.5 Å². The highest BCUT2D eigenvalue weighted by atomic mass is 19.1. The van der Waals surface area contributed by atoms with Crippen LogP contribution in [0.4, 0.5) is 10.1 Å². The number of halogens is 1. The number of hydrogen-bond donors (Lipinski definition) is 1. The Bertz CT molecular complexity index is 1250. The molecule has 1 N–H and O–H groups in total. The maximum atomic E-state index is 14.0. The van der Waals surface area contributed by atoms with Crippen molar-refractivity contribution in [2.45, 2.75) is 17.9 Å². The van der Waals surface area contributed by atoms with Crippen molar-refractivity contribution in [1.29, 1.82) is 5.26 Å². The van der Waals surface area contributed by atoms with Gasteiger partial charge in [0.1, 0.15) is 11.2 Å². The number of para-hydroxylation sites is 1. The number of anilines is 1. The fraction of sp³-hybridized carbons (Fsp3) is 0.167. The van der Waals surface area contributed by atoms with E-state index in [0.717, 1.165) is 28.9 Å². The molecule has 6 nitrogen and oxygen atoms in total. The van der Waals surface area contributed by atoms with Crippen LogP contribution in [0.15, 0.2) is 67.0 Å². The lowest BCUT2D eigenvalue weighted by molar-refractivity contribution is -0.121. The Kier molecular flexibility index (Phi) is 4.29. The van der Waals surface area contributed by atoms with E-state index >= 15 is 0 Å². The van der Waals surface area contributed by atoms with Crippen molar-refractivity contribution in [2.24, 2.45) is 0 Å². The van der Waals surface area contributed by atoms with Crippen LogP contribution in [-0.2, 0) is 10.2 Å². The van der Waals surface area contributed by atoms with Crippen molar-refractivity contribution < 1.29 is 14.0 Å². The molecule has 3 aromatic rings. The monoisotopic (exact) mass is 412 g/mol. The Morgan fingerprint density at radius 1 is 1.23 bits per heavy atom. The molecule has 1 saturated heterocycles. The van der Waals surface area contributed by atoms with E-state index in [4.69, 9.17) is 0 Å². The standard InChI is InChI=1S/C24H17FN4O2/c25-18-11-15(13-26)10-17(12-18)22(30)29-9-7-24(21(29)16-4-3-8-27-14-16)19-5-1-2-6-20(19)28-23(24)31/h1-6,8,10-12,14,21H,7,9H2,(H,28,31). The van der Waals surface area contributed by atoms with Gasteiger partial charge in [0.15, 0.2) is 0 Å². The van der Waals surface area contributed by atoms with Crippen molar-refractivity contribution in [3.05, 3.63) is 95.1 Å². The Morgan fingerprint density at radius 2 is 2.06 bits per heavy atom. The summed E-state index contributed by atoms with van der Waals surface area (Å²) in [5, 5.41) is 12.1. The lowest BCUT2D eigenvalue weighted by Gasteiger charge is -2.34. The van der Waals surface area contributed by atoms with Gasteiger partial charge in [-0.25, -0.2) is 4.39 Å².